The van der Waals surface area contributed by atoms with Crippen LogP contribution in [0.5, 0.6) is 0 Å². The molecule has 28 heavy (non-hydrogen) atoms. The summed E-state index contributed by atoms with van der Waals surface area (Å²) >= 11 is 0. The molecule has 0 N–H and O–H groups in total. The molecule has 7 heteroatoms. The van der Waals surface area contributed by atoms with Crippen molar-refractivity contribution < 1.29 is 28.6 Å². The number of rotatable bonds is 10. The van der Waals surface area contributed by atoms with Gasteiger partial charge in [0, 0.05) is 23.8 Å². The van der Waals surface area contributed by atoms with Crippen molar-refractivity contribution in [3.63, 3.8) is 0 Å². The van der Waals surface area contributed by atoms with E-state index in [1.807, 2.05) is 19.0 Å². The zero-order valence-electron chi connectivity index (χ0n) is 18.3. The minimum Gasteiger partial charge on any atom is -0.466 e. The highest BCUT2D eigenvalue weighted by atomic mass is 16.5. The van der Waals surface area contributed by atoms with Gasteiger partial charge in [-0.2, -0.15) is 0 Å². The summed E-state index contributed by atoms with van der Waals surface area (Å²) in [4.78, 5) is 33.4. The van der Waals surface area contributed by atoms with E-state index < -0.39 is 0 Å². The Balaban J connectivity index is -0.000000343. The first-order valence-corrected chi connectivity index (χ1v) is 9.03. The van der Waals surface area contributed by atoms with Gasteiger partial charge in [-0.15, -0.1) is 0 Å². The van der Waals surface area contributed by atoms with Crippen molar-refractivity contribution in [1.29, 1.82) is 0 Å². The molecular weight excluding hydrogens is 362 g/mol. The Bertz CT molecular complexity index is 497. The zero-order valence-corrected chi connectivity index (χ0v) is 18.3. The zero-order chi connectivity index (χ0) is 22.5. The van der Waals surface area contributed by atoms with E-state index in [1.165, 1.54) is 13.2 Å². The van der Waals surface area contributed by atoms with Gasteiger partial charge >= 0.3 is 17.9 Å². The van der Waals surface area contributed by atoms with E-state index in [1.54, 1.807) is 13.8 Å². The molecule has 0 atom stereocenters. The molecule has 0 bridgehead atoms. The highest BCUT2D eigenvalue weighted by molar-refractivity contribution is 5.87. The molecule has 0 saturated carbocycles. The van der Waals surface area contributed by atoms with Gasteiger partial charge in [0.15, 0.2) is 0 Å². The van der Waals surface area contributed by atoms with Crippen molar-refractivity contribution in [3.05, 3.63) is 37.0 Å². The van der Waals surface area contributed by atoms with Gasteiger partial charge in [-0.3, -0.25) is 0 Å². The largest absolute Gasteiger partial charge is 0.466 e. The number of hydrogen-bond acceptors (Lipinski definition) is 7. The molecule has 0 rings (SSSR count). The average Bonchev–Trinajstić information content (AvgIpc) is 2.65. The van der Waals surface area contributed by atoms with Gasteiger partial charge in [0.25, 0.3) is 0 Å². The summed E-state index contributed by atoms with van der Waals surface area (Å²) in [6.45, 7) is 17.3. The SMILES string of the molecule is C=C(C)C(=O)OC.C=C(C)C(=O)OCCCC.C=CC(=O)OCCCN(C)C. The highest BCUT2D eigenvalue weighted by Gasteiger charge is 2.00. The molecule has 0 aliphatic carbocycles. The molecule has 0 aromatic rings. The van der Waals surface area contributed by atoms with E-state index in [2.05, 4.69) is 31.4 Å². The van der Waals surface area contributed by atoms with E-state index in [-0.39, 0.29) is 17.9 Å². The van der Waals surface area contributed by atoms with Gasteiger partial charge in [0.1, 0.15) is 0 Å². The monoisotopic (exact) mass is 399 g/mol. The molecular formula is C21H37NO6. The van der Waals surface area contributed by atoms with E-state index in [4.69, 9.17) is 9.47 Å². The Hall–Kier alpha value is -2.41. The lowest BCUT2D eigenvalue weighted by atomic mass is 10.3. The van der Waals surface area contributed by atoms with Gasteiger partial charge < -0.3 is 19.1 Å². The van der Waals surface area contributed by atoms with Crippen LogP contribution in [0.25, 0.3) is 0 Å². The molecule has 0 amide bonds. The number of carbonyl (C=O) groups excluding carboxylic acids is 3. The van der Waals surface area contributed by atoms with Crippen molar-refractivity contribution in [2.24, 2.45) is 0 Å². The molecule has 0 radical (unpaired) electrons. The second-order valence-electron chi connectivity index (χ2n) is 6.07. The van der Waals surface area contributed by atoms with Crippen LogP contribution >= 0.6 is 0 Å². The summed E-state index contributed by atoms with van der Waals surface area (Å²) in [5.41, 5.74) is 0.901. The lowest BCUT2D eigenvalue weighted by Gasteiger charge is -2.08. The number of ether oxygens (including phenoxy) is 3. The van der Waals surface area contributed by atoms with Crippen LogP contribution in [0.1, 0.15) is 40.0 Å². The van der Waals surface area contributed by atoms with Crippen LogP contribution in [0.2, 0.25) is 0 Å². The highest BCUT2D eigenvalue weighted by Crippen LogP contribution is 1.94. The second-order valence-corrected chi connectivity index (χ2v) is 6.07. The maximum atomic E-state index is 10.7. The second kappa shape index (κ2) is 20.9. The molecule has 0 saturated heterocycles. The van der Waals surface area contributed by atoms with E-state index in [0.717, 1.165) is 25.8 Å². The molecule has 0 aliphatic rings. The summed E-state index contributed by atoms with van der Waals surface area (Å²) in [7, 11) is 5.29. The first-order chi connectivity index (χ1) is 13.0. The van der Waals surface area contributed by atoms with E-state index in [0.29, 0.717) is 24.4 Å². The smallest absolute Gasteiger partial charge is 0.333 e. The number of hydrogen-bond donors (Lipinski definition) is 0. The van der Waals surface area contributed by atoms with Crippen molar-refractivity contribution in [1.82, 2.24) is 4.90 Å². The van der Waals surface area contributed by atoms with Crippen LogP contribution in [0.4, 0.5) is 0 Å². The standard InChI is InChI=1S/C8H15NO2.C8H14O2.C5H8O2/c1-4-8(10)11-7-5-6-9(2)3;1-4-5-6-10-8(9)7(2)3;1-4(2)5(6)7-3/h4H,1,5-7H2,2-3H3;2,4-6H2,1,3H3;1H2,2-3H3. The van der Waals surface area contributed by atoms with Crippen molar-refractivity contribution in [2.45, 2.75) is 40.0 Å². The normalized spacial score (nSPS) is 8.96. The lowest BCUT2D eigenvalue weighted by Crippen LogP contribution is -2.15. The first kappa shape index (κ1) is 30.3. The third-order valence-electron chi connectivity index (χ3n) is 2.77. The van der Waals surface area contributed by atoms with Gasteiger partial charge in [-0.1, -0.05) is 33.1 Å². The third kappa shape index (κ3) is 25.8. The maximum Gasteiger partial charge on any atom is 0.333 e. The molecule has 0 aromatic heterocycles. The summed E-state index contributed by atoms with van der Waals surface area (Å²) in [5.74, 6) is -0.975. The van der Waals surface area contributed by atoms with Crippen molar-refractivity contribution >= 4 is 17.9 Å². The average molecular weight is 400 g/mol. The van der Waals surface area contributed by atoms with Gasteiger partial charge in [-0.05, 0) is 40.8 Å². The van der Waals surface area contributed by atoms with Crippen molar-refractivity contribution in [3.8, 4) is 0 Å². The van der Waals surface area contributed by atoms with Crippen LogP contribution in [0.3, 0.4) is 0 Å². The number of unbranched alkanes of at least 4 members (excludes halogenated alkanes) is 1. The molecule has 0 unspecified atom stereocenters. The third-order valence-corrected chi connectivity index (χ3v) is 2.77. The number of methoxy groups -OCH3 is 1. The van der Waals surface area contributed by atoms with Gasteiger partial charge in [0.2, 0.25) is 0 Å². The van der Waals surface area contributed by atoms with Crippen molar-refractivity contribution in [2.75, 3.05) is 41.0 Å². The first-order valence-electron chi connectivity index (χ1n) is 9.03. The predicted octanol–water partition coefficient (Wildman–Crippen LogP) is 3.31. The Labute approximate surface area is 170 Å². The summed E-state index contributed by atoms with van der Waals surface area (Å²) in [5, 5.41) is 0. The summed E-state index contributed by atoms with van der Waals surface area (Å²) < 4.78 is 13.8. The summed E-state index contributed by atoms with van der Waals surface area (Å²) in [6.07, 6.45) is 4.02. The fourth-order valence-electron chi connectivity index (χ4n) is 1.22. The minimum absolute atomic E-state index is 0.284. The Kier molecular flexibility index (Phi) is 22.6. The Morgan fingerprint density at radius 3 is 1.75 bits per heavy atom. The van der Waals surface area contributed by atoms with E-state index >= 15 is 0 Å². The predicted molar refractivity (Wildman–Crippen MR) is 112 cm³/mol. The quantitative estimate of drug-likeness (QED) is 0.241. The van der Waals surface area contributed by atoms with Crippen LogP contribution in [-0.4, -0.2) is 63.8 Å². The summed E-state index contributed by atoms with van der Waals surface area (Å²) in [6, 6.07) is 0. The fourth-order valence-corrected chi connectivity index (χ4v) is 1.22. The fraction of sp³-hybridized carbons (Fsp3) is 0.571. The lowest BCUT2D eigenvalue weighted by molar-refractivity contribution is -0.139. The van der Waals surface area contributed by atoms with Crippen LogP contribution in [0, 0.1) is 0 Å². The topological polar surface area (TPSA) is 82.1 Å². The molecule has 0 fully saturated rings. The molecule has 7 nitrogen and oxygen atoms in total. The maximum absolute atomic E-state index is 10.7. The number of esters is 3. The van der Waals surface area contributed by atoms with Gasteiger partial charge in [0.05, 0.1) is 20.3 Å². The van der Waals surface area contributed by atoms with Crippen LogP contribution < -0.4 is 0 Å². The van der Waals surface area contributed by atoms with Crippen LogP contribution in [0.15, 0.2) is 37.0 Å². The van der Waals surface area contributed by atoms with E-state index in [9.17, 15) is 14.4 Å². The Morgan fingerprint density at radius 2 is 1.43 bits per heavy atom. The minimum atomic E-state index is -0.347. The Morgan fingerprint density at radius 1 is 0.929 bits per heavy atom. The van der Waals surface area contributed by atoms with Gasteiger partial charge in [-0.25, -0.2) is 14.4 Å². The molecule has 0 spiro atoms. The number of carbonyl (C=O) groups is 3. The molecule has 0 aromatic carbocycles. The molecule has 162 valence electrons. The number of nitrogens with zero attached hydrogens (tertiary/aromatic N) is 1. The molecule has 0 heterocycles. The molecule has 0 aliphatic heterocycles. The van der Waals surface area contributed by atoms with Crippen LogP contribution in [-0.2, 0) is 28.6 Å².